The number of likely N-dealkylation sites (tertiary alicyclic amines) is 1. The number of imidazole rings is 1. The van der Waals surface area contributed by atoms with Crippen LogP contribution in [0, 0.1) is 5.92 Å². The molecule has 112 valence electrons. The molecule has 3 rings (SSSR count). The summed E-state index contributed by atoms with van der Waals surface area (Å²) in [7, 11) is 0. The lowest BCUT2D eigenvalue weighted by atomic mass is 10.0. The first kappa shape index (κ1) is 13.9. The van der Waals surface area contributed by atoms with Crippen molar-refractivity contribution in [2.24, 2.45) is 5.92 Å². The van der Waals surface area contributed by atoms with Gasteiger partial charge in [0, 0.05) is 37.9 Å². The number of nitrogens with zero attached hydrogens (tertiary/aromatic N) is 5. The Labute approximate surface area is 124 Å². The molecule has 2 aromatic heterocycles. The van der Waals surface area contributed by atoms with Crippen molar-refractivity contribution < 1.29 is 4.79 Å². The van der Waals surface area contributed by atoms with E-state index in [1.54, 1.807) is 12.4 Å². The lowest BCUT2D eigenvalue weighted by Crippen LogP contribution is -2.43. The smallest absolute Gasteiger partial charge is 0.227 e. The molecular formula is C15H21N5O. The lowest BCUT2D eigenvalue weighted by Gasteiger charge is -2.34. The lowest BCUT2D eigenvalue weighted by molar-refractivity contribution is -0.137. The van der Waals surface area contributed by atoms with Gasteiger partial charge in [-0.3, -0.25) is 9.48 Å². The minimum Gasteiger partial charge on any atom is -0.340 e. The summed E-state index contributed by atoms with van der Waals surface area (Å²) in [6.07, 6.45) is 11.4. The molecule has 3 heterocycles. The second kappa shape index (κ2) is 6.11. The molecule has 2 atom stereocenters. The number of hydrogen-bond acceptors (Lipinski definition) is 3. The van der Waals surface area contributed by atoms with Gasteiger partial charge in [0.2, 0.25) is 5.91 Å². The number of aromatic nitrogens is 4. The van der Waals surface area contributed by atoms with Crippen molar-refractivity contribution in [2.45, 2.75) is 32.4 Å². The number of carbonyl (C=O) groups excluding carboxylic acids is 1. The molecule has 2 aromatic rings. The zero-order chi connectivity index (χ0) is 14.7. The summed E-state index contributed by atoms with van der Waals surface area (Å²) in [5.74, 6) is 0.168. The summed E-state index contributed by atoms with van der Waals surface area (Å²) >= 11 is 0. The van der Waals surface area contributed by atoms with Crippen LogP contribution in [0.1, 0.15) is 25.8 Å². The summed E-state index contributed by atoms with van der Waals surface area (Å²) in [4.78, 5) is 18.7. The average Bonchev–Trinajstić information content (AvgIpc) is 3.20. The zero-order valence-corrected chi connectivity index (χ0v) is 12.3. The number of rotatable bonds is 4. The van der Waals surface area contributed by atoms with E-state index < -0.39 is 0 Å². The number of hydrogen-bond donors (Lipinski definition) is 0. The molecule has 1 fully saturated rings. The standard InChI is InChI=1S/C15H21N5O/c1-13(10-20-8-3-5-17-20)15(21)18-7-2-4-14(11-18)19-9-6-16-12-19/h3,5-6,8-9,12-14H,2,4,7,10-11H2,1H3/t13-,14+/m0/s1. The van der Waals surface area contributed by atoms with Crippen LogP contribution in [0.15, 0.2) is 37.2 Å². The monoisotopic (exact) mass is 287 g/mol. The highest BCUT2D eigenvalue weighted by Crippen LogP contribution is 2.22. The molecule has 0 unspecified atom stereocenters. The first-order valence-electron chi connectivity index (χ1n) is 7.47. The third kappa shape index (κ3) is 3.15. The highest BCUT2D eigenvalue weighted by atomic mass is 16.2. The normalized spacial score (nSPS) is 20.4. The summed E-state index contributed by atoms with van der Waals surface area (Å²) in [5, 5.41) is 4.17. The first-order chi connectivity index (χ1) is 10.2. The summed E-state index contributed by atoms with van der Waals surface area (Å²) in [6.45, 7) is 4.25. The zero-order valence-electron chi connectivity index (χ0n) is 12.3. The van der Waals surface area contributed by atoms with Crippen LogP contribution in [0.5, 0.6) is 0 Å². The molecule has 1 amide bonds. The van der Waals surface area contributed by atoms with Gasteiger partial charge in [-0.05, 0) is 18.9 Å². The van der Waals surface area contributed by atoms with Crippen LogP contribution in [0.4, 0.5) is 0 Å². The topological polar surface area (TPSA) is 56.0 Å². The highest BCUT2D eigenvalue weighted by Gasteiger charge is 2.27. The van der Waals surface area contributed by atoms with Gasteiger partial charge in [0.15, 0.2) is 0 Å². The van der Waals surface area contributed by atoms with Crippen LogP contribution in [0.2, 0.25) is 0 Å². The Hall–Kier alpha value is -2.11. The van der Waals surface area contributed by atoms with E-state index in [4.69, 9.17) is 0 Å². The van der Waals surface area contributed by atoms with Crippen LogP contribution < -0.4 is 0 Å². The van der Waals surface area contributed by atoms with Gasteiger partial charge in [0.1, 0.15) is 0 Å². The Kier molecular flexibility index (Phi) is 4.03. The van der Waals surface area contributed by atoms with Crippen molar-refractivity contribution in [3.63, 3.8) is 0 Å². The second-order valence-corrected chi connectivity index (χ2v) is 5.72. The van der Waals surface area contributed by atoms with Crippen molar-refractivity contribution in [3.8, 4) is 0 Å². The molecule has 0 bridgehead atoms. The molecule has 6 nitrogen and oxygen atoms in total. The van der Waals surface area contributed by atoms with Gasteiger partial charge in [-0.1, -0.05) is 6.92 Å². The SMILES string of the molecule is C[C@@H](Cn1cccn1)C(=O)N1CCC[C@@H](n2ccnc2)C1. The number of amides is 1. The number of carbonyl (C=O) groups is 1. The van der Waals surface area contributed by atoms with E-state index in [1.165, 1.54) is 0 Å². The molecule has 1 aliphatic heterocycles. The fourth-order valence-corrected chi connectivity index (χ4v) is 2.96. The first-order valence-corrected chi connectivity index (χ1v) is 7.47. The summed E-state index contributed by atoms with van der Waals surface area (Å²) in [6, 6.07) is 2.23. The quantitative estimate of drug-likeness (QED) is 0.858. The fraction of sp³-hybridized carbons (Fsp3) is 0.533. The third-order valence-corrected chi connectivity index (χ3v) is 4.10. The molecule has 0 saturated carbocycles. The maximum atomic E-state index is 12.6. The Bertz CT molecular complexity index is 563. The van der Waals surface area contributed by atoms with E-state index in [2.05, 4.69) is 14.6 Å². The largest absolute Gasteiger partial charge is 0.340 e. The van der Waals surface area contributed by atoms with Gasteiger partial charge in [-0.2, -0.15) is 5.10 Å². The van der Waals surface area contributed by atoms with Crippen LogP contribution in [-0.2, 0) is 11.3 Å². The van der Waals surface area contributed by atoms with Crippen LogP contribution >= 0.6 is 0 Å². The predicted molar refractivity (Wildman–Crippen MR) is 78.5 cm³/mol. The molecule has 6 heteroatoms. The number of piperidine rings is 1. The summed E-state index contributed by atoms with van der Waals surface area (Å²) < 4.78 is 3.93. The fourth-order valence-electron chi connectivity index (χ4n) is 2.96. The van der Waals surface area contributed by atoms with Gasteiger partial charge >= 0.3 is 0 Å². The predicted octanol–water partition coefficient (Wildman–Crippen LogP) is 1.58. The van der Waals surface area contributed by atoms with E-state index in [0.717, 1.165) is 25.9 Å². The van der Waals surface area contributed by atoms with E-state index in [1.807, 2.05) is 41.3 Å². The molecule has 1 aliphatic rings. The summed E-state index contributed by atoms with van der Waals surface area (Å²) in [5.41, 5.74) is 0. The van der Waals surface area contributed by atoms with Crippen LogP contribution in [0.25, 0.3) is 0 Å². The van der Waals surface area contributed by atoms with Gasteiger partial charge in [-0.15, -0.1) is 0 Å². The van der Waals surface area contributed by atoms with Crippen molar-refractivity contribution in [2.75, 3.05) is 13.1 Å². The highest BCUT2D eigenvalue weighted by molar-refractivity contribution is 5.78. The van der Waals surface area contributed by atoms with Gasteiger partial charge in [0.25, 0.3) is 0 Å². The molecule has 1 saturated heterocycles. The van der Waals surface area contributed by atoms with Crippen molar-refractivity contribution in [1.82, 2.24) is 24.2 Å². The van der Waals surface area contributed by atoms with Crippen molar-refractivity contribution >= 4 is 5.91 Å². The molecular weight excluding hydrogens is 266 g/mol. The van der Waals surface area contributed by atoms with Gasteiger partial charge < -0.3 is 9.47 Å². The minimum absolute atomic E-state index is 0.0496. The Morgan fingerprint density at radius 1 is 1.38 bits per heavy atom. The maximum Gasteiger partial charge on any atom is 0.227 e. The van der Waals surface area contributed by atoms with Gasteiger partial charge in [0.05, 0.1) is 24.8 Å². The third-order valence-electron chi connectivity index (χ3n) is 4.10. The molecule has 0 radical (unpaired) electrons. The maximum absolute atomic E-state index is 12.6. The van der Waals surface area contributed by atoms with Crippen molar-refractivity contribution in [3.05, 3.63) is 37.2 Å². The molecule has 0 aliphatic carbocycles. The van der Waals surface area contributed by atoms with E-state index in [-0.39, 0.29) is 11.8 Å². The average molecular weight is 287 g/mol. The molecule has 0 spiro atoms. The van der Waals surface area contributed by atoms with E-state index in [9.17, 15) is 4.79 Å². The van der Waals surface area contributed by atoms with Crippen LogP contribution in [0.3, 0.4) is 0 Å². The van der Waals surface area contributed by atoms with E-state index in [0.29, 0.717) is 12.6 Å². The second-order valence-electron chi connectivity index (χ2n) is 5.72. The Morgan fingerprint density at radius 3 is 3.00 bits per heavy atom. The van der Waals surface area contributed by atoms with Crippen LogP contribution in [-0.4, -0.2) is 43.2 Å². The Balaban J connectivity index is 1.61. The van der Waals surface area contributed by atoms with E-state index >= 15 is 0 Å². The van der Waals surface area contributed by atoms with Gasteiger partial charge in [-0.25, -0.2) is 4.98 Å². The molecule has 21 heavy (non-hydrogen) atoms. The van der Waals surface area contributed by atoms with Crippen molar-refractivity contribution in [1.29, 1.82) is 0 Å². The molecule has 0 aromatic carbocycles. The minimum atomic E-state index is -0.0496. The molecule has 0 N–H and O–H groups in total. The Morgan fingerprint density at radius 2 is 2.29 bits per heavy atom.